The summed E-state index contributed by atoms with van der Waals surface area (Å²) < 4.78 is 2.44. The summed E-state index contributed by atoms with van der Waals surface area (Å²) in [5.41, 5.74) is 14.7. The third-order valence-corrected chi connectivity index (χ3v) is 18.7. The summed E-state index contributed by atoms with van der Waals surface area (Å²) in [6, 6.07) is 87.1. The number of nitrogens with zero attached hydrogens (tertiary/aromatic N) is 2. The zero-order valence-electron chi connectivity index (χ0n) is 36.8. The highest BCUT2D eigenvalue weighted by atomic mass is 28.3. The first kappa shape index (κ1) is 37.4. The molecule has 310 valence electrons. The first-order chi connectivity index (χ1) is 32.5. The first-order valence-corrected chi connectivity index (χ1v) is 26.2. The molecule has 2 heterocycles. The smallest absolute Gasteiger partial charge is 0.113 e. The van der Waals surface area contributed by atoms with E-state index in [1.807, 2.05) is 0 Å². The van der Waals surface area contributed by atoms with Gasteiger partial charge in [0.25, 0.3) is 0 Å². The van der Waals surface area contributed by atoms with Gasteiger partial charge < -0.3 is 9.47 Å². The minimum atomic E-state index is -2.32. The van der Waals surface area contributed by atoms with Crippen LogP contribution in [0, 0.1) is 0 Å². The van der Waals surface area contributed by atoms with Gasteiger partial charge in [-0.2, -0.15) is 0 Å². The summed E-state index contributed by atoms with van der Waals surface area (Å²) in [5.74, 6) is 0. The Bertz CT molecular complexity index is 4000. The Labute approximate surface area is 385 Å². The van der Waals surface area contributed by atoms with Crippen molar-refractivity contribution in [3.05, 3.63) is 253 Å². The molecule has 1 aromatic heterocycles. The second-order valence-electron chi connectivity index (χ2n) is 18.9. The van der Waals surface area contributed by atoms with E-state index in [1.165, 1.54) is 104 Å². The van der Waals surface area contributed by atoms with Crippen molar-refractivity contribution in [1.29, 1.82) is 0 Å². The van der Waals surface area contributed by atoms with Crippen LogP contribution in [-0.2, 0) is 5.41 Å². The number of rotatable bonds is 4. The molecule has 0 amide bonds. The van der Waals surface area contributed by atoms with Crippen molar-refractivity contribution in [3.63, 3.8) is 0 Å². The normalized spacial score (nSPS) is 15.6. The minimum absolute atomic E-state index is 0.491. The van der Waals surface area contributed by atoms with E-state index in [2.05, 4.69) is 253 Å². The second kappa shape index (κ2) is 13.8. The van der Waals surface area contributed by atoms with Gasteiger partial charge in [-0.3, -0.25) is 0 Å². The second-order valence-corrected chi connectivity index (χ2v) is 23.2. The van der Waals surface area contributed by atoms with Gasteiger partial charge in [-0.15, -0.1) is 0 Å². The van der Waals surface area contributed by atoms with Crippen LogP contribution < -0.4 is 15.3 Å². The van der Waals surface area contributed by atoms with Gasteiger partial charge in [0.15, 0.2) is 0 Å². The van der Waals surface area contributed by atoms with Crippen LogP contribution >= 0.6 is 0 Å². The van der Waals surface area contributed by atoms with E-state index in [9.17, 15) is 0 Å². The van der Waals surface area contributed by atoms with Crippen LogP contribution in [0.25, 0.3) is 70.9 Å². The Morgan fingerprint density at radius 1 is 0.364 bits per heavy atom. The van der Waals surface area contributed by atoms with Gasteiger partial charge in [0.2, 0.25) is 0 Å². The van der Waals surface area contributed by atoms with Gasteiger partial charge in [0, 0.05) is 33.5 Å². The maximum absolute atomic E-state index is 2.58. The number of hydrogen-bond acceptors (Lipinski definition) is 1. The molecule has 1 aliphatic heterocycles. The van der Waals surface area contributed by atoms with Crippen molar-refractivity contribution in [1.82, 2.24) is 4.57 Å². The molecule has 1 aliphatic carbocycles. The molecule has 1 unspecified atom stereocenters. The molecule has 1 atom stereocenters. The molecule has 0 fully saturated rings. The molecule has 66 heavy (non-hydrogen) atoms. The molecule has 3 heteroatoms. The fourth-order valence-electron chi connectivity index (χ4n) is 12.3. The Balaban J connectivity index is 1.04. The average Bonchev–Trinajstić information content (AvgIpc) is 3.70. The van der Waals surface area contributed by atoms with Crippen LogP contribution in [-0.4, -0.2) is 12.6 Å². The zero-order valence-corrected chi connectivity index (χ0v) is 37.8. The maximum atomic E-state index is 2.58. The Morgan fingerprint density at radius 2 is 0.924 bits per heavy atom. The molecule has 0 radical (unpaired) electrons. The largest absolute Gasteiger partial charge is 0.310 e. The molecular weight excluding hydrogens is 813 g/mol. The third kappa shape index (κ3) is 5.06. The van der Waals surface area contributed by atoms with E-state index in [1.54, 1.807) is 0 Å². The molecule has 11 aromatic carbocycles. The van der Waals surface area contributed by atoms with E-state index < -0.39 is 13.5 Å². The topological polar surface area (TPSA) is 8.17 Å². The number of anilines is 3. The minimum Gasteiger partial charge on any atom is -0.310 e. The lowest BCUT2D eigenvalue weighted by Crippen LogP contribution is -2.63. The number of benzene rings is 11. The van der Waals surface area contributed by atoms with E-state index in [4.69, 9.17) is 0 Å². The highest BCUT2D eigenvalue weighted by molar-refractivity contribution is 7.01. The van der Waals surface area contributed by atoms with Gasteiger partial charge in [-0.05, 0) is 137 Å². The predicted octanol–water partition coefficient (Wildman–Crippen LogP) is 15.2. The highest BCUT2D eigenvalue weighted by Crippen LogP contribution is 2.56. The van der Waals surface area contributed by atoms with Crippen LogP contribution in [0.2, 0.25) is 13.1 Å². The van der Waals surface area contributed by atoms with Crippen molar-refractivity contribution in [3.8, 4) is 16.8 Å². The van der Waals surface area contributed by atoms with Crippen LogP contribution in [0.4, 0.5) is 17.1 Å². The van der Waals surface area contributed by atoms with Gasteiger partial charge >= 0.3 is 0 Å². The van der Waals surface area contributed by atoms with E-state index >= 15 is 0 Å². The van der Waals surface area contributed by atoms with E-state index in [-0.39, 0.29) is 0 Å². The van der Waals surface area contributed by atoms with Crippen LogP contribution in [0.1, 0.15) is 22.3 Å². The lowest BCUT2D eigenvalue weighted by molar-refractivity contribution is 0.754. The summed E-state index contributed by atoms with van der Waals surface area (Å²) in [6.07, 6.45) is 0. The van der Waals surface area contributed by atoms with Gasteiger partial charge in [-0.1, -0.05) is 183 Å². The lowest BCUT2D eigenvalue weighted by Gasteiger charge is -2.50. The summed E-state index contributed by atoms with van der Waals surface area (Å²) in [6.45, 7) is 5.14. The lowest BCUT2D eigenvalue weighted by atomic mass is 9.59. The van der Waals surface area contributed by atoms with E-state index in [0.717, 1.165) is 17.1 Å². The Hall–Kier alpha value is -7.98. The number of hydrogen-bond donors (Lipinski definition) is 0. The SMILES string of the molecule is C[Si]1(C)c2ccccc2C2(c3ccccc3-c3cccc4cccc2c34)c2ccc(N(c3ccc4ccccc4c3)c3ccc4c(c3)c3ccccc3n4-c3ccc4ccccc4c3)cc21. The molecule has 2 aliphatic rings. The van der Waals surface area contributed by atoms with Crippen molar-refractivity contribution in [2.75, 3.05) is 4.90 Å². The van der Waals surface area contributed by atoms with Gasteiger partial charge in [-0.25, -0.2) is 0 Å². The molecule has 0 bridgehead atoms. The molecule has 14 rings (SSSR count). The molecule has 0 saturated carbocycles. The number of para-hydroxylation sites is 1. The van der Waals surface area contributed by atoms with Crippen molar-refractivity contribution < 1.29 is 0 Å². The van der Waals surface area contributed by atoms with Crippen LogP contribution in [0.5, 0.6) is 0 Å². The van der Waals surface area contributed by atoms with Crippen LogP contribution in [0.15, 0.2) is 231 Å². The Morgan fingerprint density at radius 3 is 1.77 bits per heavy atom. The molecule has 0 N–H and O–H groups in total. The Kier molecular flexibility index (Phi) is 7.80. The first-order valence-electron chi connectivity index (χ1n) is 23.2. The maximum Gasteiger partial charge on any atom is 0.113 e. The van der Waals surface area contributed by atoms with Gasteiger partial charge in [0.1, 0.15) is 8.07 Å². The summed E-state index contributed by atoms with van der Waals surface area (Å²) >= 11 is 0. The average molecular weight is 857 g/mol. The third-order valence-electron chi connectivity index (χ3n) is 15.2. The monoisotopic (exact) mass is 856 g/mol. The summed E-state index contributed by atoms with van der Waals surface area (Å²) in [4.78, 5) is 2.51. The van der Waals surface area contributed by atoms with Crippen molar-refractivity contribution >= 4 is 89.6 Å². The predicted molar refractivity (Wildman–Crippen MR) is 282 cm³/mol. The summed E-state index contributed by atoms with van der Waals surface area (Å²) in [5, 5.41) is 13.0. The quantitative estimate of drug-likeness (QED) is 0.160. The molecule has 0 saturated heterocycles. The van der Waals surface area contributed by atoms with Crippen LogP contribution in [0.3, 0.4) is 0 Å². The van der Waals surface area contributed by atoms with E-state index in [0.29, 0.717) is 0 Å². The number of fused-ring (bicyclic) bond motifs is 13. The number of aromatic nitrogens is 1. The standard InChI is InChI=1S/C63H44N2Si/c1-66(2)60-28-12-10-25-55(60)63(54-24-9-7-21-50(54)52-23-13-19-43-20-14-26-57(63)62(43)52)56-35-33-49(40-61(56)66)64(46-31-29-41-15-3-5-17-44(41)37-46)48-34-36-59-53(39-48)51-22-8-11-27-58(51)65(59)47-32-30-42-16-4-6-18-45(42)38-47/h3-40H,1-2H3. The fraction of sp³-hybridized carbons (Fsp3) is 0.0476. The van der Waals surface area contributed by atoms with Gasteiger partial charge in [0.05, 0.1) is 16.4 Å². The van der Waals surface area contributed by atoms with Crippen molar-refractivity contribution in [2.45, 2.75) is 18.5 Å². The molecule has 1 spiro atoms. The molecule has 2 nitrogen and oxygen atoms in total. The highest BCUT2D eigenvalue weighted by Gasteiger charge is 2.52. The fourth-order valence-corrected chi connectivity index (χ4v) is 15.5. The molecule has 12 aromatic rings. The van der Waals surface area contributed by atoms with Crippen molar-refractivity contribution in [2.24, 2.45) is 0 Å². The molecular formula is C63H44N2Si. The zero-order chi connectivity index (χ0) is 43.7. The summed E-state index contributed by atoms with van der Waals surface area (Å²) in [7, 11) is -2.32.